The quantitative estimate of drug-likeness (QED) is 0.658. The molecule has 3 rings (SSSR count). The van der Waals surface area contributed by atoms with Crippen molar-refractivity contribution in [2.75, 3.05) is 0 Å². The van der Waals surface area contributed by atoms with Gasteiger partial charge in [0.15, 0.2) is 0 Å². The first-order valence-electron chi connectivity index (χ1n) is 9.30. The summed E-state index contributed by atoms with van der Waals surface area (Å²) in [4.78, 5) is 0. The van der Waals surface area contributed by atoms with Crippen LogP contribution in [-0.2, 0) is 0 Å². The Morgan fingerprint density at radius 1 is 0.800 bits per heavy atom. The first-order chi connectivity index (χ1) is 11.8. The third kappa shape index (κ3) is 2.75. The number of hydrogen-bond acceptors (Lipinski definition) is 0. The molecule has 1 aliphatic rings. The lowest BCUT2D eigenvalue weighted by atomic mass is 10.1. The summed E-state index contributed by atoms with van der Waals surface area (Å²) in [5.74, 6) is 0.539. The molecule has 2 atom stereocenters. The number of benzene rings is 2. The van der Waals surface area contributed by atoms with E-state index in [0.29, 0.717) is 5.92 Å². The largest absolute Gasteiger partial charge is 0.142 e. The molecule has 0 aromatic heterocycles. The van der Waals surface area contributed by atoms with Gasteiger partial charge in [0.05, 0.1) is 0 Å². The lowest BCUT2D eigenvalue weighted by Gasteiger charge is -2.36. The summed E-state index contributed by atoms with van der Waals surface area (Å²) in [7, 11) is -2.01. The maximum atomic E-state index is 2.56. The molecule has 0 nitrogen and oxygen atoms in total. The van der Waals surface area contributed by atoms with Gasteiger partial charge in [-0.1, -0.05) is 89.5 Å². The molecular weight excluding hydrogens is 316 g/mol. The minimum Gasteiger partial charge on any atom is -0.0636 e. The summed E-state index contributed by atoms with van der Waals surface area (Å²) >= 11 is 0. The van der Waals surface area contributed by atoms with Gasteiger partial charge in [0.25, 0.3) is 0 Å². The third-order valence-electron chi connectivity index (χ3n) is 6.45. The van der Waals surface area contributed by atoms with Crippen molar-refractivity contribution >= 4 is 18.4 Å². The van der Waals surface area contributed by atoms with Crippen LogP contribution in [0.3, 0.4) is 0 Å². The Labute approximate surface area is 154 Å². The predicted molar refractivity (Wildman–Crippen MR) is 113 cm³/mol. The van der Waals surface area contributed by atoms with Gasteiger partial charge < -0.3 is 0 Å². The van der Waals surface area contributed by atoms with Crippen molar-refractivity contribution < 1.29 is 0 Å². The zero-order valence-electron chi connectivity index (χ0n) is 16.7. The van der Waals surface area contributed by atoms with Crippen molar-refractivity contribution in [2.45, 2.75) is 48.1 Å². The van der Waals surface area contributed by atoms with Crippen molar-refractivity contribution in [3.05, 3.63) is 81.6 Å². The number of aryl methyl sites for hydroxylation is 2. The Hall–Kier alpha value is -1.86. The second-order valence-electron chi connectivity index (χ2n) is 7.88. The first kappa shape index (κ1) is 17.9. The first-order valence-corrected chi connectivity index (χ1v) is 11.8. The van der Waals surface area contributed by atoms with E-state index in [1.54, 1.807) is 16.0 Å². The Morgan fingerprint density at radius 2 is 1.44 bits per heavy atom. The molecule has 1 heteroatoms. The van der Waals surface area contributed by atoms with Crippen molar-refractivity contribution in [1.82, 2.24) is 0 Å². The van der Waals surface area contributed by atoms with Gasteiger partial charge in [-0.25, -0.2) is 0 Å². The maximum Gasteiger partial charge on any atom is 0.142 e. The molecule has 0 amide bonds. The van der Waals surface area contributed by atoms with Crippen LogP contribution in [0.1, 0.15) is 38.8 Å². The zero-order chi connectivity index (χ0) is 18.4. The highest BCUT2D eigenvalue weighted by Crippen LogP contribution is 2.41. The van der Waals surface area contributed by atoms with E-state index in [2.05, 4.69) is 96.6 Å². The Balaban J connectivity index is 2.33. The monoisotopic (exact) mass is 346 g/mol. The maximum absolute atomic E-state index is 2.56. The van der Waals surface area contributed by atoms with Crippen LogP contribution in [0.15, 0.2) is 70.4 Å². The van der Waals surface area contributed by atoms with Gasteiger partial charge in [-0.05, 0) is 56.5 Å². The van der Waals surface area contributed by atoms with E-state index in [4.69, 9.17) is 0 Å². The third-order valence-corrected chi connectivity index (χ3v) is 11.5. The summed E-state index contributed by atoms with van der Waals surface area (Å²) < 4.78 is 0. The van der Waals surface area contributed by atoms with Crippen LogP contribution in [0.5, 0.6) is 0 Å². The van der Waals surface area contributed by atoms with E-state index >= 15 is 0 Å². The fourth-order valence-corrected chi connectivity index (χ4v) is 9.84. The lowest BCUT2D eigenvalue weighted by molar-refractivity contribution is 0.850. The minimum atomic E-state index is -2.01. The normalized spacial score (nSPS) is 20.2. The average molecular weight is 347 g/mol. The van der Waals surface area contributed by atoms with E-state index in [0.717, 1.165) is 0 Å². The van der Waals surface area contributed by atoms with E-state index in [-0.39, 0.29) is 0 Å². The molecule has 0 radical (unpaired) electrons. The fraction of sp³-hybridized carbons (Fsp3) is 0.333. The number of allylic oxidation sites excluding steroid dienone is 4. The average Bonchev–Trinajstić information content (AvgIpc) is 2.79. The van der Waals surface area contributed by atoms with Gasteiger partial charge in [-0.3, -0.25) is 0 Å². The van der Waals surface area contributed by atoms with Crippen molar-refractivity contribution in [3.8, 4) is 0 Å². The number of hydrogen-bond donors (Lipinski definition) is 0. The molecule has 0 N–H and O–H groups in total. The van der Waals surface area contributed by atoms with E-state index < -0.39 is 8.07 Å². The molecule has 0 saturated carbocycles. The molecule has 2 aromatic carbocycles. The standard InChI is InChI=1S/C24H30Si/c1-16-13-14-23(17(2)15-16)25(7,22-11-9-8-10-12-22)24-20(5)18(3)19(4)21(24)6/h8-15,20H,1-7H3. The molecule has 130 valence electrons. The van der Waals surface area contributed by atoms with E-state index in [1.165, 1.54) is 27.5 Å². The van der Waals surface area contributed by atoms with Crippen LogP contribution in [0.25, 0.3) is 0 Å². The highest BCUT2D eigenvalue weighted by Gasteiger charge is 2.43. The topological polar surface area (TPSA) is 0 Å². The summed E-state index contributed by atoms with van der Waals surface area (Å²) in [6.45, 7) is 16.4. The molecular formula is C24H30Si. The van der Waals surface area contributed by atoms with E-state index in [1.807, 2.05) is 0 Å². The zero-order valence-corrected chi connectivity index (χ0v) is 17.7. The van der Waals surface area contributed by atoms with Crippen LogP contribution in [0, 0.1) is 19.8 Å². The van der Waals surface area contributed by atoms with Gasteiger partial charge in [0.1, 0.15) is 8.07 Å². The highest BCUT2D eigenvalue weighted by atomic mass is 28.3. The van der Waals surface area contributed by atoms with Gasteiger partial charge in [-0.15, -0.1) is 0 Å². The molecule has 1 aliphatic carbocycles. The Kier molecular flexibility index (Phi) is 4.63. The summed E-state index contributed by atoms with van der Waals surface area (Å²) in [5.41, 5.74) is 7.37. The molecule has 0 spiro atoms. The molecule has 0 saturated heterocycles. The SMILES string of the molecule is CC1=C(C)C(C)C([Si](C)(c2ccccc2)c2ccc(C)cc2C)=C1C. The van der Waals surface area contributed by atoms with Crippen LogP contribution >= 0.6 is 0 Å². The van der Waals surface area contributed by atoms with E-state index in [9.17, 15) is 0 Å². The van der Waals surface area contributed by atoms with Gasteiger partial charge in [0, 0.05) is 0 Å². The molecule has 0 fully saturated rings. The van der Waals surface area contributed by atoms with Gasteiger partial charge in [-0.2, -0.15) is 0 Å². The fourth-order valence-electron chi connectivity index (χ4n) is 4.77. The van der Waals surface area contributed by atoms with Crippen LogP contribution in [-0.4, -0.2) is 8.07 Å². The minimum absolute atomic E-state index is 0.539. The summed E-state index contributed by atoms with van der Waals surface area (Å²) in [5, 5.41) is 4.78. The highest BCUT2D eigenvalue weighted by molar-refractivity contribution is 7.07. The molecule has 0 aliphatic heterocycles. The molecule has 2 unspecified atom stereocenters. The molecule has 2 aromatic rings. The predicted octanol–water partition coefficient (Wildman–Crippen LogP) is 5.34. The summed E-state index contributed by atoms with van der Waals surface area (Å²) in [6.07, 6.45) is 0. The van der Waals surface area contributed by atoms with Crippen molar-refractivity contribution in [3.63, 3.8) is 0 Å². The van der Waals surface area contributed by atoms with Crippen LogP contribution in [0.2, 0.25) is 6.55 Å². The van der Waals surface area contributed by atoms with Gasteiger partial charge in [0.2, 0.25) is 0 Å². The lowest BCUT2D eigenvalue weighted by Crippen LogP contribution is -2.59. The Bertz CT molecular complexity index is 870. The molecule has 0 bridgehead atoms. The second kappa shape index (κ2) is 6.46. The summed E-state index contributed by atoms with van der Waals surface area (Å²) in [6, 6.07) is 18.3. The van der Waals surface area contributed by atoms with Crippen LogP contribution in [0.4, 0.5) is 0 Å². The van der Waals surface area contributed by atoms with Crippen molar-refractivity contribution in [2.24, 2.45) is 5.92 Å². The van der Waals surface area contributed by atoms with Crippen LogP contribution < -0.4 is 10.4 Å². The smallest absolute Gasteiger partial charge is 0.0636 e. The molecule has 0 heterocycles. The van der Waals surface area contributed by atoms with Crippen molar-refractivity contribution in [1.29, 1.82) is 0 Å². The molecule has 25 heavy (non-hydrogen) atoms. The Morgan fingerprint density at radius 3 is 1.96 bits per heavy atom. The second-order valence-corrected chi connectivity index (χ2v) is 11.8. The van der Waals surface area contributed by atoms with Gasteiger partial charge >= 0.3 is 0 Å². The number of rotatable bonds is 3.